The molecule has 0 bridgehead atoms. The molecule has 18 heavy (non-hydrogen) atoms. The Bertz CT molecular complexity index is 257. The quantitative estimate of drug-likeness (QED) is 0.796. The second-order valence-electron chi connectivity index (χ2n) is 5.86. The number of nitrogens with one attached hydrogen (secondary N) is 1. The Morgan fingerprint density at radius 2 is 2.22 bits per heavy atom. The van der Waals surface area contributed by atoms with Crippen LogP contribution in [0.25, 0.3) is 0 Å². The molecule has 0 spiro atoms. The molecular weight excluding hydrogens is 232 g/mol. The van der Waals surface area contributed by atoms with Gasteiger partial charge in [-0.2, -0.15) is 0 Å². The molecule has 1 unspecified atom stereocenters. The van der Waals surface area contributed by atoms with Crippen molar-refractivity contribution in [1.82, 2.24) is 10.2 Å². The molecule has 1 atom stereocenters. The average molecular weight is 258 g/mol. The minimum absolute atomic E-state index is 0.0284. The van der Waals surface area contributed by atoms with Crippen LogP contribution in [0.3, 0.4) is 0 Å². The number of hydrogen-bond acceptors (Lipinski definition) is 4. The summed E-state index contributed by atoms with van der Waals surface area (Å²) in [5.74, 6) is 0.456. The Morgan fingerprint density at radius 3 is 2.72 bits per heavy atom. The molecule has 1 aliphatic rings. The maximum absolute atomic E-state index is 12.0. The number of rotatable bonds is 4. The van der Waals surface area contributed by atoms with Crippen molar-refractivity contribution >= 4 is 6.09 Å². The van der Waals surface area contributed by atoms with E-state index in [0.29, 0.717) is 19.0 Å². The first kappa shape index (κ1) is 15.2. The van der Waals surface area contributed by atoms with E-state index in [9.17, 15) is 4.79 Å². The van der Waals surface area contributed by atoms with Gasteiger partial charge in [0.15, 0.2) is 0 Å². The van der Waals surface area contributed by atoms with Gasteiger partial charge in [0.2, 0.25) is 0 Å². The third kappa shape index (κ3) is 5.69. The Morgan fingerprint density at radius 1 is 1.50 bits per heavy atom. The summed E-state index contributed by atoms with van der Waals surface area (Å²) in [6.45, 7) is 8.51. The van der Waals surface area contributed by atoms with Crippen molar-refractivity contribution in [3.8, 4) is 0 Å². The summed E-state index contributed by atoms with van der Waals surface area (Å²) >= 11 is 0. The highest BCUT2D eigenvalue weighted by Gasteiger charge is 2.24. The van der Waals surface area contributed by atoms with E-state index in [1.807, 2.05) is 20.8 Å². The predicted molar refractivity (Wildman–Crippen MR) is 70.5 cm³/mol. The standard InChI is InChI=1S/C13H26N2O3/c1-13(2,3)18-12(17)15(7-8-16)10-11-5-4-6-14-9-11/h11,14,16H,4-10H2,1-3H3. The van der Waals surface area contributed by atoms with E-state index >= 15 is 0 Å². The Balaban J connectivity index is 2.49. The number of nitrogens with zero attached hydrogens (tertiary/aromatic N) is 1. The van der Waals surface area contributed by atoms with Gasteiger partial charge in [0.1, 0.15) is 5.60 Å². The van der Waals surface area contributed by atoms with Gasteiger partial charge < -0.3 is 20.1 Å². The smallest absolute Gasteiger partial charge is 0.410 e. The number of carbonyl (C=O) groups excluding carboxylic acids is 1. The monoisotopic (exact) mass is 258 g/mol. The predicted octanol–water partition coefficient (Wildman–Crippen LogP) is 1.22. The first-order valence-electron chi connectivity index (χ1n) is 6.72. The van der Waals surface area contributed by atoms with Crippen molar-refractivity contribution in [1.29, 1.82) is 0 Å². The first-order chi connectivity index (χ1) is 8.42. The summed E-state index contributed by atoms with van der Waals surface area (Å²) in [5, 5.41) is 12.4. The van der Waals surface area contributed by atoms with E-state index in [0.717, 1.165) is 25.9 Å². The molecule has 0 aromatic carbocycles. The van der Waals surface area contributed by atoms with Gasteiger partial charge in [0.05, 0.1) is 6.61 Å². The van der Waals surface area contributed by atoms with Crippen LogP contribution in [0.1, 0.15) is 33.6 Å². The first-order valence-corrected chi connectivity index (χ1v) is 6.72. The summed E-state index contributed by atoms with van der Waals surface area (Å²) in [6.07, 6.45) is 1.94. The van der Waals surface area contributed by atoms with Gasteiger partial charge in [0.25, 0.3) is 0 Å². The number of piperidine rings is 1. The highest BCUT2D eigenvalue weighted by atomic mass is 16.6. The van der Waals surface area contributed by atoms with Crippen LogP contribution in [0.5, 0.6) is 0 Å². The number of hydrogen-bond donors (Lipinski definition) is 2. The van der Waals surface area contributed by atoms with E-state index in [1.165, 1.54) is 0 Å². The molecular formula is C13H26N2O3. The largest absolute Gasteiger partial charge is 0.444 e. The van der Waals surface area contributed by atoms with Gasteiger partial charge in [-0.3, -0.25) is 0 Å². The van der Waals surface area contributed by atoms with Crippen molar-refractivity contribution in [2.75, 3.05) is 32.8 Å². The normalized spacial score (nSPS) is 20.6. The molecule has 1 aliphatic heterocycles. The van der Waals surface area contributed by atoms with E-state index < -0.39 is 5.60 Å². The van der Waals surface area contributed by atoms with E-state index in [2.05, 4.69) is 5.32 Å². The molecule has 0 radical (unpaired) electrons. The highest BCUT2D eigenvalue weighted by Crippen LogP contribution is 2.15. The maximum atomic E-state index is 12.0. The lowest BCUT2D eigenvalue weighted by molar-refractivity contribution is 0.0179. The SMILES string of the molecule is CC(C)(C)OC(=O)N(CCO)CC1CCCNC1. The topological polar surface area (TPSA) is 61.8 Å². The average Bonchev–Trinajstić information content (AvgIpc) is 2.27. The van der Waals surface area contributed by atoms with Crippen molar-refractivity contribution in [2.45, 2.75) is 39.2 Å². The zero-order valence-electron chi connectivity index (χ0n) is 11.7. The molecule has 2 N–H and O–H groups in total. The Hall–Kier alpha value is -0.810. The van der Waals surface area contributed by atoms with Gasteiger partial charge in [-0.25, -0.2) is 4.79 Å². The van der Waals surface area contributed by atoms with Crippen LogP contribution in [0.2, 0.25) is 0 Å². The lowest BCUT2D eigenvalue weighted by atomic mass is 9.99. The fourth-order valence-electron chi connectivity index (χ4n) is 2.10. The zero-order valence-corrected chi connectivity index (χ0v) is 11.7. The number of aliphatic hydroxyl groups is 1. The van der Waals surface area contributed by atoms with Crippen LogP contribution >= 0.6 is 0 Å². The van der Waals surface area contributed by atoms with Crippen LogP contribution in [0, 0.1) is 5.92 Å². The summed E-state index contributed by atoms with van der Waals surface area (Å²) < 4.78 is 5.35. The third-order valence-corrected chi connectivity index (χ3v) is 2.90. The molecule has 1 rings (SSSR count). The second-order valence-corrected chi connectivity index (χ2v) is 5.86. The number of carbonyl (C=O) groups is 1. The van der Waals surface area contributed by atoms with Crippen LogP contribution in [-0.4, -0.2) is 54.5 Å². The van der Waals surface area contributed by atoms with Crippen LogP contribution in [-0.2, 0) is 4.74 Å². The van der Waals surface area contributed by atoms with Crippen LogP contribution in [0.4, 0.5) is 4.79 Å². The van der Waals surface area contributed by atoms with Crippen molar-refractivity contribution < 1.29 is 14.6 Å². The fraction of sp³-hybridized carbons (Fsp3) is 0.923. The maximum Gasteiger partial charge on any atom is 0.410 e. The van der Waals surface area contributed by atoms with Crippen LogP contribution in [0.15, 0.2) is 0 Å². The summed E-state index contributed by atoms with van der Waals surface area (Å²) in [7, 11) is 0. The minimum atomic E-state index is -0.490. The van der Waals surface area contributed by atoms with Gasteiger partial charge in [0, 0.05) is 13.1 Å². The summed E-state index contributed by atoms with van der Waals surface area (Å²) in [5.41, 5.74) is -0.490. The van der Waals surface area contributed by atoms with E-state index in [1.54, 1.807) is 4.90 Å². The van der Waals surface area contributed by atoms with Crippen LogP contribution < -0.4 is 5.32 Å². The molecule has 0 aliphatic carbocycles. The Labute approximate surface area is 109 Å². The molecule has 0 saturated carbocycles. The van der Waals surface area contributed by atoms with Gasteiger partial charge in [-0.05, 0) is 52.6 Å². The fourth-order valence-corrected chi connectivity index (χ4v) is 2.10. The molecule has 1 fully saturated rings. The third-order valence-electron chi connectivity index (χ3n) is 2.90. The van der Waals surface area contributed by atoms with Crippen molar-refractivity contribution in [3.63, 3.8) is 0 Å². The van der Waals surface area contributed by atoms with Gasteiger partial charge in [-0.15, -0.1) is 0 Å². The number of ether oxygens (including phenoxy) is 1. The van der Waals surface area contributed by atoms with Crippen molar-refractivity contribution in [3.05, 3.63) is 0 Å². The molecule has 0 aromatic rings. The van der Waals surface area contributed by atoms with Gasteiger partial charge in [-0.1, -0.05) is 0 Å². The van der Waals surface area contributed by atoms with E-state index in [4.69, 9.17) is 9.84 Å². The summed E-state index contributed by atoms with van der Waals surface area (Å²) in [4.78, 5) is 13.6. The molecule has 106 valence electrons. The molecule has 5 heteroatoms. The molecule has 1 saturated heterocycles. The number of amides is 1. The Kier molecular flexibility index (Phi) is 5.88. The second kappa shape index (κ2) is 6.95. The molecule has 1 amide bonds. The summed E-state index contributed by atoms with van der Waals surface area (Å²) in [6, 6.07) is 0. The lowest BCUT2D eigenvalue weighted by Crippen LogP contribution is -2.44. The highest BCUT2D eigenvalue weighted by molar-refractivity contribution is 5.68. The molecule has 0 aromatic heterocycles. The number of aliphatic hydroxyl groups excluding tert-OH is 1. The molecule has 1 heterocycles. The van der Waals surface area contributed by atoms with E-state index in [-0.39, 0.29) is 12.7 Å². The lowest BCUT2D eigenvalue weighted by Gasteiger charge is -2.31. The van der Waals surface area contributed by atoms with Crippen molar-refractivity contribution in [2.24, 2.45) is 5.92 Å². The van der Waals surface area contributed by atoms with Gasteiger partial charge >= 0.3 is 6.09 Å². The molecule has 5 nitrogen and oxygen atoms in total. The zero-order chi connectivity index (χ0) is 13.6. The minimum Gasteiger partial charge on any atom is -0.444 e.